The molecule has 6 nitrogen and oxygen atoms in total. The Hall–Kier alpha value is -1.67. The van der Waals surface area contributed by atoms with Gasteiger partial charge < -0.3 is 20.9 Å². The molecule has 0 spiro atoms. The van der Waals surface area contributed by atoms with Crippen LogP contribution in [-0.2, 0) is 20.9 Å². The van der Waals surface area contributed by atoms with Crippen LogP contribution < -0.4 is 11.1 Å². The van der Waals surface area contributed by atoms with Crippen LogP contribution in [-0.4, -0.2) is 47.4 Å². The molecule has 0 aliphatic heterocycles. The molecule has 2 bridgehead atoms. The Morgan fingerprint density at radius 2 is 2.08 bits per heavy atom. The number of rotatable bonds is 9. The monoisotopic (exact) mass is 556 g/mol. The molecule has 7 heteroatoms. The zero-order valence-corrected chi connectivity index (χ0v) is 25.2. The van der Waals surface area contributed by atoms with Crippen molar-refractivity contribution in [2.45, 2.75) is 96.4 Å². The highest BCUT2D eigenvalue weighted by Gasteiger charge is 2.68. The van der Waals surface area contributed by atoms with Gasteiger partial charge >= 0.3 is 5.97 Å². The summed E-state index contributed by atoms with van der Waals surface area (Å²) in [4.78, 5) is 27.9. The van der Waals surface area contributed by atoms with E-state index in [1.54, 1.807) is 0 Å². The lowest BCUT2D eigenvalue weighted by Gasteiger charge is -2.61. The first-order valence-electron chi connectivity index (χ1n) is 14.6. The first kappa shape index (κ1) is 30.3. The number of nitrogens with one attached hydrogen (secondary N) is 1. The summed E-state index contributed by atoms with van der Waals surface area (Å²) in [5.41, 5.74) is 5.59. The van der Waals surface area contributed by atoms with Crippen LogP contribution in [0.2, 0.25) is 0 Å². The molecule has 39 heavy (non-hydrogen) atoms. The Labute approximate surface area is 238 Å². The Morgan fingerprint density at radius 3 is 2.77 bits per heavy atom. The van der Waals surface area contributed by atoms with Gasteiger partial charge in [0, 0.05) is 47.2 Å². The molecule has 216 valence electrons. The molecule has 0 heterocycles. The zero-order chi connectivity index (χ0) is 28.6. The molecule has 4 rings (SSSR count). The van der Waals surface area contributed by atoms with Crippen LogP contribution in [0.15, 0.2) is 41.8 Å². The summed E-state index contributed by atoms with van der Waals surface area (Å²) >= 11 is 1.47. The fourth-order valence-electron chi connectivity index (χ4n) is 8.03. The lowest BCUT2D eigenvalue weighted by atomic mass is 9.44. The summed E-state index contributed by atoms with van der Waals surface area (Å²) < 4.78 is 6.37. The first-order chi connectivity index (χ1) is 18.4. The second kappa shape index (κ2) is 11.7. The number of carbonyl (C=O) groups excluding carboxylic acids is 2. The number of aliphatic hydroxyl groups excluding tert-OH is 1. The fourth-order valence-corrected chi connectivity index (χ4v) is 8.79. The van der Waals surface area contributed by atoms with Crippen LogP contribution in [0.25, 0.3) is 0 Å². The maximum Gasteiger partial charge on any atom is 0.316 e. The maximum atomic E-state index is 13.5. The van der Waals surface area contributed by atoms with Gasteiger partial charge in [-0.1, -0.05) is 45.9 Å². The van der Waals surface area contributed by atoms with Crippen LogP contribution in [0.5, 0.6) is 0 Å². The van der Waals surface area contributed by atoms with Gasteiger partial charge in [0.15, 0.2) is 0 Å². The predicted molar refractivity (Wildman–Crippen MR) is 157 cm³/mol. The number of benzene rings is 1. The van der Waals surface area contributed by atoms with E-state index < -0.39 is 23.0 Å². The number of esters is 1. The number of ketones is 1. The van der Waals surface area contributed by atoms with Crippen LogP contribution in [0.3, 0.4) is 0 Å². The lowest BCUT2D eigenvalue weighted by molar-refractivity contribution is -0.205. The minimum absolute atomic E-state index is 0.0363. The molecule has 0 amide bonds. The van der Waals surface area contributed by atoms with Gasteiger partial charge in [0.1, 0.15) is 11.9 Å². The van der Waals surface area contributed by atoms with Crippen molar-refractivity contribution in [1.29, 1.82) is 0 Å². The first-order valence-corrected chi connectivity index (χ1v) is 15.6. The zero-order valence-electron chi connectivity index (χ0n) is 24.4. The van der Waals surface area contributed by atoms with Crippen molar-refractivity contribution < 1.29 is 19.4 Å². The average molecular weight is 557 g/mol. The lowest BCUT2D eigenvalue weighted by Crippen LogP contribution is -2.63. The number of hydrogen-bond acceptors (Lipinski definition) is 7. The molecule has 0 aromatic heterocycles. The highest BCUT2D eigenvalue weighted by Crippen LogP contribution is 2.68. The molecular weight excluding hydrogens is 508 g/mol. The highest BCUT2D eigenvalue weighted by atomic mass is 32.2. The molecule has 1 aromatic carbocycles. The second-order valence-corrected chi connectivity index (χ2v) is 14.2. The molecule has 3 unspecified atom stereocenters. The van der Waals surface area contributed by atoms with Gasteiger partial charge in [0.25, 0.3) is 0 Å². The van der Waals surface area contributed by atoms with Gasteiger partial charge in [0.05, 0.1) is 11.9 Å². The van der Waals surface area contributed by atoms with Crippen molar-refractivity contribution in [2.75, 3.05) is 12.3 Å². The van der Waals surface area contributed by atoms with Crippen molar-refractivity contribution in [3.63, 3.8) is 0 Å². The average Bonchev–Trinajstić information content (AvgIpc) is 3.26. The van der Waals surface area contributed by atoms with Gasteiger partial charge in [-0.05, 0) is 67.6 Å². The number of aliphatic hydroxyl groups is 1. The van der Waals surface area contributed by atoms with Gasteiger partial charge in [-0.25, -0.2) is 0 Å². The Balaban J connectivity index is 1.55. The van der Waals surface area contributed by atoms with Crippen LogP contribution >= 0.6 is 11.8 Å². The number of thioether (sulfide) groups is 1. The third-order valence-electron chi connectivity index (χ3n) is 10.6. The van der Waals surface area contributed by atoms with E-state index in [4.69, 9.17) is 10.5 Å². The van der Waals surface area contributed by atoms with E-state index in [0.717, 1.165) is 42.8 Å². The SMILES string of the molecule is C=C[C@]1(C)C[C@@H](OC(=O)CSc2cccc(CNC[C@H](C)N)c2)[C@]2(C)C(C)CCC3(CCC(=O)C32)[C@@H](C)[C@@H]1O. The highest BCUT2D eigenvalue weighted by molar-refractivity contribution is 8.00. The van der Waals surface area contributed by atoms with Gasteiger partial charge in [-0.2, -0.15) is 0 Å². The van der Waals surface area contributed by atoms with Crippen molar-refractivity contribution in [3.05, 3.63) is 42.5 Å². The van der Waals surface area contributed by atoms with Gasteiger partial charge in [-0.15, -0.1) is 18.3 Å². The van der Waals surface area contributed by atoms with Gasteiger partial charge in [0.2, 0.25) is 0 Å². The van der Waals surface area contributed by atoms with Crippen molar-refractivity contribution in [2.24, 2.45) is 39.7 Å². The number of hydrogen-bond donors (Lipinski definition) is 3. The molecule has 4 N–H and O–H groups in total. The Kier molecular flexibility index (Phi) is 9.07. The van der Waals surface area contributed by atoms with E-state index in [2.05, 4.69) is 44.8 Å². The molecule has 0 radical (unpaired) electrons. The topological polar surface area (TPSA) is 102 Å². The molecule has 0 saturated heterocycles. The summed E-state index contributed by atoms with van der Waals surface area (Å²) in [6.45, 7) is 16.1. The predicted octanol–water partition coefficient (Wildman–Crippen LogP) is 5.12. The minimum atomic E-state index is -0.657. The molecule has 3 fully saturated rings. The molecular formula is C32H48N2O4S. The molecule has 1 aromatic rings. The molecule has 3 aliphatic carbocycles. The quantitative estimate of drug-likeness (QED) is 0.220. The van der Waals surface area contributed by atoms with E-state index in [9.17, 15) is 14.7 Å². The van der Waals surface area contributed by atoms with Crippen LogP contribution in [0.4, 0.5) is 0 Å². The normalized spacial score (nSPS) is 38.8. The summed E-state index contributed by atoms with van der Waals surface area (Å²) in [7, 11) is 0. The van der Waals surface area contributed by atoms with Crippen LogP contribution in [0, 0.1) is 34.0 Å². The van der Waals surface area contributed by atoms with Crippen LogP contribution in [0.1, 0.15) is 72.3 Å². The number of nitrogens with two attached hydrogens (primary N) is 1. The standard InChI is InChI=1S/C32H48N2O4S/c1-7-30(5)16-26(38-27(36)19-39-24-10-8-9-23(15-24)18-34-17-21(3)33)31(6)20(2)11-13-32(22(4)29(30)37)14-12-25(35)28(31)32/h7-10,15,20-22,26,28-29,34,37H,1,11-14,16-19,33H2,2-6H3/t20?,21-,22-,26+,28?,29-,30+,31-,32?/m0/s1. The van der Waals surface area contributed by atoms with E-state index in [-0.39, 0.29) is 46.7 Å². The minimum Gasteiger partial charge on any atom is -0.461 e. The third-order valence-corrected chi connectivity index (χ3v) is 11.6. The summed E-state index contributed by atoms with van der Waals surface area (Å²) in [5.74, 6) is 0.153. The number of ether oxygens (including phenoxy) is 1. The third kappa shape index (κ3) is 5.61. The van der Waals surface area contributed by atoms with Crippen molar-refractivity contribution >= 4 is 23.5 Å². The molecule has 3 saturated carbocycles. The summed E-state index contributed by atoms with van der Waals surface area (Å²) in [6, 6.07) is 8.25. The fraction of sp³-hybridized carbons (Fsp3) is 0.688. The molecule has 3 aliphatic rings. The Bertz CT molecular complexity index is 1080. The summed E-state index contributed by atoms with van der Waals surface area (Å²) in [6.07, 6.45) is 4.40. The van der Waals surface area contributed by atoms with Crippen molar-refractivity contribution in [3.8, 4) is 0 Å². The van der Waals surface area contributed by atoms with E-state index in [0.29, 0.717) is 12.8 Å². The number of carbonyl (C=O) groups is 2. The number of Topliss-reactive ketones (excluding diaryl/α,β-unsaturated/α-hetero) is 1. The largest absolute Gasteiger partial charge is 0.461 e. The van der Waals surface area contributed by atoms with E-state index >= 15 is 0 Å². The van der Waals surface area contributed by atoms with Crippen molar-refractivity contribution in [1.82, 2.24) is 5.32 Å². The van der Waals surface area contributed by atoms with Gasteiger partial charge in [-0.3, -0.25) is 9.59 Å². The van der Waals surface area contributed by atoms with E-state index in [1.807, 2.05) is 32.1 Å². The second-order valence-electron chi connectivity index (χ2n) is 13.1. The molecule has 9 atom stereocenters. The maximum absolute atomic E-state index is 13.5. The Morgan fingerprint density at radius 1 is 1.33 bits per heavy atom. The smallest absolute Gasteiger partial charge is 0.316 e. The summed E-state index contributed by atoms with van der Waals surface area (Å²) in [5, 5.41) is 15.0. The van der Waals surface area contributed by atoms with E-state index in [1.165, 1.54) is 11.8 Å².